The van der Waals surface area contributed by atoms with Crippen LogP contribution in [0.1, 0.15) is 37.0 Å². The zero-order valence-electron chi connectivity index (χ0n) is 10.5. The summed E-state index contributed by atoms with van der Waals surface area (Å²) in [6.45, 7) is 6.09. The van der Waals surface area contributed by atoms with Crippen molar-refractivity contribution in [2.24, 2.45) is 0 Å². The lowest BCUT2D eigenvalue weighted by atomic mass is 9.96. The van der Waals surface area contributed by atoms with Crippen LogP contribution < -0.4 is 5.32 Å². The molecule has 0 saturated heterocycles. The van der Waals surface area contributed by atoms with Gasteiger partial charge in [-0.2, -0.15) is 4.37 Å². The number of amides is 1. The third kappa shape index (κ3) is 2.89. The van der Waals surface area contributed by atoms with Crippen LogP contribution >= 0.6 is 11.5 Å². The molecule has 0 aliphatic rings. The minimum atomic E-state index is -0.200. The van der Waals surface area contributed by atoms with Gasteiger partial charge in [-0.05, 0) is 12.1 Å². The van der Waals surface area contributed by atoms with Gasteiger partial charge in [0.15, 0.2) is 0 Å². The van der Waals surface area contributed by atoms with Crippen LogP contribution in [0.2, 0.25) is 0 Å². The molecule has 0 bridgehead atoms. The van der Waals surface area contributed by atoms with Crippen molar-refractivity contribution >= 4 is 22.6 Å². The van der Waals surface area contributed by atoms with Gasteiger partial charge in [-0.15, -0.1) is 0 Å². The van der Waals surface area contributed by atoms with E-state index in [9.17, 15) is 4.79 Å². The third-order valence-electron chi connectivity index (χ3n) is 2.26. The average molecular weight is 262 g/mol. The van der Waals surface area contributed by atoms with Gasteiger partial charge < -0.3 is 0 Å². The van der Waals surface area contributed by atoms with E-state index in [1.165, 1.54) is 11.5 Å². The lowest BCUT2D eigenvalue weighted by Gasteiger charge is -2.12. The summed E-state index contributed by atoms with van der Waals surface area (Å²) in [5.41, 5.74) is 0.438. The highest BCUT2D eigenvalue weighted by Crippen LogP contribution is 2.23. The van der Waals surface area contributed by atoms with Gasteiger partial charge in [-0.1, -0.05) is 20.8 Å². The van der Waals surface area contributed by atoms with Crippen LogP contribution in [0, 0.1) is 0 Å². The van der Waals surface area contributed by atoms with Crippen LogP contribution in [0.5, 0.6) is 0 Å². The molecule has 1 N–H and O–H groups in total. The second-order valence-electron chi connectivity index (χ2n) is 4.86. The molecular weight excluding hydrogens is 248 g/mol. The second-order valence-corrected chi connectivity index (χ2v) is 5.61. The van der Waals surface area contributed by atoms with E-state index >= 15 is 0 Å². The van der Waals surface area contributed by atoms with Crippen LogP contribution in [-0.2, 0) is 5.41 Å². The number of pyridine rings is 1. The van der Waals surface area contributed by atoms with E-state index in [0.717, 1.165) is 5.82 Å². The smallest absolute Gasteiger partial charge is 0.257 e. The molecule has 5 nitrogen and oxygen atoms in total. The molecule has 0 fully saturated rings. The van der Waals surface area contributed by atoms with Crippen molar-refractivity contribution in [1.29, 1.82) is 0 Å². The first-order valence-corrected chi connectivity index (χ1v) is 6.30. The van der Waals surface area contributed by atoms with Crippen LogP contribution in [-0.4, -0.2) is 20.2 Å². The predicted molar refractivity (Wildman–Crippen MR) is 70.8 cm³/mol. The Morgan fingerprint density at radius 3 is 2.50 bits per heavy atom. The fourth-order valence-corrected chi connectivity index (χ4v) is 2.00. The molecule has 0 aliphatic carbocycles. The molecule has 0 atom stereocenters. The number of nitrogens with zero attached hydrogens (tertiary/aromatic N) is 3. The van der Waals surface area contributed by atoms with Gasteiger partial charge in [0.05, 0.1) is 0 Å². The maximum Gasteiger partial charge on any atom is 0.257 e. The Labute approximate surface area is 109 Å². The fraction of sp³-hybridized carbons (Fsp3) is 0.333. The summed E-state index contributed by atoms with van der Waals surface area (Å²) >= 11 is 1.19. The Morgan fingerprint density at radius 2 is 1.94 bits per heavy atom. The fourth-order valence-electron chi connectivity index (χ4n) is 1.25. The molecule has 2 heterocycles. The number of hydrogen-bond donors (Lipinski definition) is 1. The maximum absolute atomic E-state index is 11.9. The number of aromatic nitrogens is 3. The first-order chi connectivity index (χ1) is 8.47. The zero-order chi connectivity index (χ0) is 13.2. The Morgan fingerprint density at radius 1 is 1.28 bits per heavy atom. The average Bonchev–Trinajstić information content (AvgIpc) is 2.78. The molecular formula is C12H14N4OS. The van der Waals surface area contributed by atoms with Gasteiger partial charge in [0, 0.05) is 34.9 Å². The van der Waals surface area contributed by atoms with E-state index < -0.39 is 0 Å². The van der Waals surface area contributed by atoms with Crippen molar-refractivity contribution in [3.05, 3.63) is 35.9 Å². The molecule has 0 radical (unpaired) electrons. The molecule has 0 saturated carbocycles. The molecule has 6 heteroatoms. The number of rotatable bonds is 2. The number of carbonyl (C=O) groups excluding carboxylic acids is 1. The monoisotopic (exact) mass is 262 g/mol. The van der Waals surface area contributed by atoms with Crippen molar-refractivity contribution in [2.45, 2.75) is 26.2 Å². The highest BCUT2D eigenvalue weighted by atomic mass is 32.1. The van der Waals surface area contributed by atoms with E-state index in [4.69, 9.17) is 0 Å². The summed E-state index contributed by atoms with van der Waals surface area (Å²) in [7, 11) is 0. The summed E-state index contributed by atoms with van der Waals surface area (Å²) in [6.07, 6.45) is 3.16. The Kier molecular flexibility index (Phi) is 3.38. The highest BCUT2D eigenvalue weighted by molar-refractivity contribution is 7.09. The van der Waals surface area contributed by atoms with Crippen molar-refractivity contribution < 1.29 is 4.79 Å². The van der Waals surface area contributed by atoms with Crippen molar-refractivity contribution in [3.8, 4) is 0 Å². The van der Waals surface area contributed by atoms with Crippen molar-refractivity contribution in [2.75, 3.05) is 5.32 Å². The quantitative estimate of drug-likeness (QED) is 0.902. The van der Waals surface area contributed by atoms with Crippen molar-refractivity contribution in [3.63, 3.8) is 0 Å². The predicted octanol–water partition coefficient (Wildman–Crippen LogP) is 2.48. The number of nitrogens with one attached hydrogen (secondary N) is 1. The molecule has 0 unspecified atom stereocenters. The van der Waals surface area contributed by atoms with E-state index in [1.807, 2.05) is 20.8 Å². The molecule has 0 spiro atoms. The largest absolute Gasteiger partial charge is 0.297 e. The van der Waals surface area contributed by atoms with E-state index in [0.29, 0.717) is 10.7 Å². The molecule has 94 valence electrons. The molecule has 0 aliphatic heterocycles. The van der Waals surface area contributed by atoms with Gasteiger partial charge >= 0.3 is 0 Å². The number of carbonyl (C=O) groups is 1. The lowest BCUT2D eigenvalue weighted by Crippen LogP contribution is -2.15. The first-order valence-electron chi connectivity index (χ1n) is 5.52. The summed E-state index contributed by atoms with van der Waals surface area (Å²) in [6, 6.07) is 3.31. The van der Waals surface area contributed by atoms with E-state index in [2.05, 4.69) is 19.7 Å². The van der Waals surface area contributed by atoms with Gasteiger partial charge in [0.25, 0.3) is 5.91 Å². The standard InChI is InChI=1S/C12H14N4OS/c1-12(2,3)10-15-11(18-16-10)14-9(17)8-4-6-13-7-5-8/h4-7H,1-3H3,(H,14,15,16,17). The van der Waals surface area contributed by atoms with Gasteiger partial charge in [0.2, 0.25) is 5.13 Å². The molecule has 1 amide bonds. The number of anilines is 1. The first kappa shape index (κ1) is 12.6. The molecule has 18 heavy (non-hydrogen) atoms. The second kappa shape index (κ2) is 4.81. The zero-order valence-corrected chi connectivity index (χ0v) is 11.3. The maximum atomic E-state index is 11.9. The van der Waals surface area contributed by atoms with Crippen LogP contribution in [0.3, 0.4) is 0 Å². The normalized spacial score (nSPS) is 11.3. The highest BCUT2D eigenvalue weighted by Gasteiger charge is 2.20. The summed E-state index contributed by atoms with van der Waals surface area (Å²) in [5.74, 6) is 0.534. The van der Waals surface area contributed by atoms with E-state index in [1.54, 1.807) is 24.5 Å². The van der Waals surface area contributed by atoms with Gasteiger partial charge in [-0.25, -0.2) is 4.98 Å². The third-order valence-corrected chi connectivity index (χ3v) is 2.89. The van der Waals surface area contributed by atoms with Gasteiger partial charge in [0.1, 0.15) is 5.82 Å². The molecule has 2 aromatic heterocycles. The van der Waals surface area contributed by atoms with Crippen LogP contribution in [0.4, 0.5) is 5.13 Å². The van der Waals surface area contributed by atoms with E-state index in [-0.39, 0.29) is 11.3 Å². The van der Waals surface area contributed by atoms with Gasteiger partial charge in [-0.3, -0.25) is 15.1 Å². The topological polar surface area (TPSA) is 67.8 Å². The summed E-state index contributed by atoms with van der Waals surface area (Å²) in [4.78, 5) is 20.0. The van der Waals surface area contributed by atoms with Crippen molar-refractivity contribution in [1.82, 2.24) is 14.3 Å². The summed E-state index contributed by atoms with van der Waals surface area (Å²) < 4.78 is 4.24. The Hall–Kier alpha value is -1.82. The Bertz CT molecular complexity index is 545. The Balaban J connectivity index is 2.11. The van der Waals surface area contributed by atoms with Crippen LogP contribution in [0.15, 0.2) is 24.5 Å². The minimum absolute atomic E-state index is 0.115. The molecule has 0 aromatic carbocycles. The number of hydrogen-bond acceptors (Lipinski definition) is 5. The molecule has 2 aromatic rings. The van der Waals surface area contributed by atoms with Crippen LogP contribution in [0.25, 0.3) is 0 Å². The minimum Gasteiger partial charge on any atom is -0.297 e. The summed E-state index contributed by atoms with van der Waals surface area (Å²) in [5, 5.41) is 3.24. The lowest BCUT2D eigenvalue weighted by molar-refractivity contribution is 0.102. The molecule has 2 rings (SSSR count). The SMILES string of the molecule is CC(C)(C)c1nsc(NC(=O)c2ccncc2)n1.